The Balaban J connectivity index is 1.26. The maximum atomic E-state index is 12.6. The summed E-state index contributed by atoms with van der Waals surface area (Å²) in [5, 5.41) is 7.55. The zero-order valence-electron chi connectivity index (χ0n) is 17.4. The molecule has 154 valence electrons. The Morgan fingerprint density at radius 2 is 2.03 bits per heavy atom. The van der Waals surface area contributed by atoms with E-state index >= 15 is 0 Å². The number of hydrogen-bond donors (Lipinski definition) is 1. The van der Waals surface area contributed by atoms with Crippen LogP contribution in [0, 0.1) is 0 Å². The third kappa shape index (κ3) is 3.73. The van der Waals surface area contributed by atoms with E-state index in [9.17, 15) is 4.79 Å². The fourth-order valence-corrected chi connectivity index (χ4v) is 5.70. The number of amides is 1. The number of aryl methyl sites for hydroxylation is 1. The van der Waals surface area contributed by atoms with Crippen LogP contribution < -0.4 is 5.32 Å². The third-order valence-corrected chi connectivity index (χ3v) is 7.49. The van der Waals surface area contributed by atoms with Crippen molar-refractivity contribution in [1.29, 1.82) is 0 Å². The number of hydrogen-bond acceptors (Lipinski definition) is 3. The standard InChI is InChI=1S/C24H32N4O/c1-27-16-18(15-25-27)17-28-11-9-24(10-12-28)14-19(21-7-2-3-8-22(21)24)13-23(29)26-20-5-4-6-20/h2-3,7-8,15-16,19-20H,4-6,9-14,17H2,1H3,(H,26,29). The van der Waals surface area contributed by atoms with Crippen LogP contribution in [0.5, 0.6) is 0 Å². The molecule has 1 unspecified atom stereocenters. The highest BCUT2D eigenvalue weighted by Crippen LogP contribution is 2.52. The van der Waals surface area contributed by atoms with Crippen LogP contribution in [0.1, 0.15) is 67.6 Å². The van der Waals surface area contributed by atoms with Crippen molar-refractivity contribution in [1.82, 2.24) is 20.0 Å². The monoisotopic (exact) mass is 392 g/mol. The third-order valence-electron chi connectivity index (χ3n) is 7.49. The first-order valence-electron chi connectivity index (χ1n) is 11.2. The molecule has 5 heteroatoms. The molecule has 1 aromatic heterocycles. The molecule has 2 fully saturated rings. The number of benzene rings is 1. The predicted octanol–water partition coefficient (Wildman–Crippen LogP) is 3.50. The van der Waals surface area contributed by atoms with Crippen LogP contribution in [-0.4, -0.2) is 39.7 Å². The van der Waals surface area contributed by atoms with Crippen LogP contribution in [0.3, 0.4) is 0 Å². The summed E-state index contributed by atoms with van der Waals surface area (Å²) in [6.45, 7) is 3.22. The average molecular weight is 393 g/mol. The van der Waals surface area contributed by atoms with E-state index in [0.717, 1.165) is 38.9 Å². The van der Waals surface area contributed by atoms with E-state index in [1.54, 1.807) is 0 Å². The molecule has 2 aromatic rings. The molecule has 5 rings (SSSR count). The van der Waals surface area contributed by atoms with Crippen molar-refractivity contribution in [2.45, 2.75) is 68.9 Å². The van der Waals surface area contributed by atoms with E-state index in [4.69, 9.17) is 0 Å². The Kier molecular flexibility index (Phi) is 4.94. The minimum Gasteiger partial charge on any atom is -0.353 e. The van der Waals surface area contributed by atoms with Crippen LogP contribution in [-0.2, 0) is 23.8 Å². The summed E-state index contributed by atoms with van der Waals surface area (Å²) in [5.74, 6) is 0.622. The van der Waals surface area contributed by atoms with Gasteiger partial charge in [0.1, 0.15) is 0 Å². The van der Waals surface area contributed by atoms with Crippen LogP contribution in [0.25, 0.3) is 0 Å². The minimum absolute atomic E-state index is 0.251. The number of nitrogens with one attached hydrogen (secondary N) is 1. The van der Waals surface area contributed by atoms with E-state index in [0.29, 0.717) is 18.4 Å². The molecule has 1 N–H and O–H groups in total. The molecule has 3 aliphatic rings. The van der Waals surface area contributed by atoms with Gasteiger partial charge in [-0.15, -0.1) is 0 Å². The van der Waals surface area contributed by atoms with E-state index in [-0.39, 0.29) is 11.3 Å². The van der Waals surface area contributed by atoms with Gasteiger partial charge in [-0.05, 0) is 74.1 Å². The van der Waals surface area contributed by atoms with Gasteiger partial charge in [0.25, 0.3) is 0 Å². The molecule has 1 saturated heterocycles. The molecule has 1 aliphatic heterocycles. The highest BCUT2D eigenvalue weighted by atomic mass is 16.1. The van der Waals surface area contributed by atoms with Gasteiger partial charge in [-0.3, -0.25) is 14.4 Å². The summed E-state index contributed by atoms with van der Waals surface area (Å²) in [5.41, 5.74) is 4.49. The molecule has 5 nitrogen and oxygen atoms in total. The minimum atomic E-state index is 0.251. The highest BCUT2D eigenvalue weighted by Gasteiger charge is 2.45. The smallest absolute Gasteiger partial charge is 0.220 e. The number of nitrogens with zero attached hydrogens (tertiary/aromatic N) is 3. The van der Waals surface area contributed by atoms with Gasteiger partial charge in [-0.1, -0.05) is 24.3 Å². The van der Waals surface area contributed by atoms with Crippen molar-refractivity contribution in [3.63, 3.8) is 0 Å². The summed E-state index contributed by atoms with van der Waals surface area (Å²) < 4.78 is 1.88. The Morgan fingerprint density at radius 3 is 2.72 bits per heavy atom. The number of likely N-dealkylation sites (tertiary alicyclic amines) is 1. The van der Waals surface area contributed by atoms with Crippen LogP contribution in [0.15, 0.2) is 36.7 Å². The van der Waals surface area contributed by atoms with E-state index in [1.807, 2.05) is 17.9 Å². The maximum Gasteiger partial charge on any atom is 0.220 e. The van der Waals surface area contributed by atoms with Gasteiger partial charge in [-0.25, -0.2) is 0 Å². The number of fused-ring (bicyclic) bond motifs is 2. The van der Waals surface area contributed by atoms with Crippen LogP contribution >= 0.6 is 0 Å². The number of carbonyl (C=O) groups is 1. The van der Waals surface area contributed by atoms with Gasteiger partial charge in [0.15, 0.2) is 0 Å². The summed E-state index contributed by atoms with van der Waals surface area (Å²) >= 11 is 0. The Bertz CT molecular complexity index is 877. The van der Waals surface area contributed by atoms with Gasteiger partial charge < -0.3 is 5.32 Å². The molecule has 29 heavy (non-hydrogen) atoms. The van der Waals surface area contributed by atoms with Crippen molar-refractivity contribution in [3.05, 3.63) is 53.3 Å². The second-order valence-corrected chi connectivity index (χ2v) is 9.47. The first-order chi connectivity index (χ1) is 14.1. The number of carbonyl (C=O) groups excluding carboxylic acids is 1. The Labute approximate surface area is 173 Å². The molecular weight excluding hydrogens is 360 g/mol. The van der Waals surface area contributed by atoms with Crippen molar-refractivity contribution in [3.8, 4) is 0 Å². The van der Waals surface area contributed by atoms with Crippen molar-refractivity contribution in [2.75, 3.05) is 13.1 Å². The fraction of sp³-hybridized carbons (Fsp3) is 0.583. The first-order valence-corrected chi connectivity index (χ1v) is 11.2. The van der Waals surface area contributed by atoms with Crippen molar-refractivity contribution in [2.24, 2.45) is 7.05 Å². The molecule has 0 bridgehead atoms. The summed E-state index contributed by atoms with van der Waals surface area (Å²) in [6, 6.07) is 9.36. The maximum absolute atomic E-state index is 12.6. The Morgan fingerprint density at radius 1 is 1.24 bits per heavy atom. The number of aromatic nitrogens is 2. The van der Waals surface area contributed by atoms with E-state index < -0.39 is 0 Å². The molecular formula is C24H32N4O. The normalized spacial score (nSPS) is 23.7. The second kappa shape index (κ2) is 7.60. The quantitative estimate of drug-likeness (QED) is 0.847. The molecule has 0 radical (unpaired) electrons. The number of piperidine rings is 1. The van der Waals surface area contributed by atoms with E-state index in [2.05, 4.69) is 45.8 Å². The lowest BCUT2D eigenvalue weighted by Gasteiger charge is -2.40. The van der Waals surface area contributed by atoms with Crippen LogP contribution in [0.2, 0.25) is 0 Å². The van der Waals surface area contributed by atoms with Gasteiger partial charge >= 0.3 is 0 Å². The van der Waals surface area contributed by atoms with Gasteiger partial charge in [-0.2, -0.15) is 5.10 Å². The molecule has 1 saturated carbocycles. The largest absolute Gasteiger partial charge is 0.353 e. The lowest BCUT2D eigenvalue weighted by atomic mass is 9.73. The first kappa shape index (κ1) is 18.9. The van der Waals surface area contributed by atoms with E-state index in [1.165, 1.54) is 36.0 Å². The zero-order chi connectivity index (χ0) is 19.8. The second-order valence-electron chi connectivity index (χ2n) is 9.47. The topological polar surface area (TPSA) is 50.2 Å². The molecule has 2 heterocycles. The Hall–Kier alpha value is -2.14. The highest BCUT2D eigenvalue weighted by molar-refractivity contribution is 5.77. The zero-order valence-corrected chi connectivity index (χ0v) is 17.4. The van der Waals surface area contributed by atoms with Gasteiger partial charge in [0, 0.05) is 37.8 Å². The van der Waals surface area contributed by atoms with Crippen molar-refractivity contribution >= 4 is 5.91 Å². The van der Waals surface area contributed by atoms with Crippen LogP contribution in [0.4, 0.5) is 0 Å². The molecule has 1 atom stereocenters. The lowest BCUT2D eigenvalue weighted by Crippen LogP contribution is -2.41. The molecule has 1 spiro atoms. The summed E-state index contributed by atoms with van der Waals surface area (Å²) in [7, 11) is 1.98. The SMILES string of the molecule is Cn1cc(CN2CCC3(CC2)CC(CC(=O)NC2CCC2)c2ccccc23)cn1. The molecule has 2 aliphatic carbocycles. The molecule has 1 aromatic carbocycles. The average Bonchev–Trinajstić information content (AvgIpc) is 3.23. The number of rotatable bonds is 5. The predicted molar refractivity (Wildman–Crippen MR) is 114 cm³/mol. The van der Waals surface area contributed by atoms with Gasteiger partial charge in [0.05, 0.1) is 6.20 Å². The summed E-state index contributed by atoms with van der Waals surface area (Å²) in [4.78, 5) is 15.2. The van der Waals surface area contributed by atoms with Gasteiger partial charge in [0.2, 0.25) is 5.91 Å². The fourth-order valence-electron chi connectivity index (χ4n) is 5.70. The summed E-state index contributed by atoms with van der Waals surface area (Å²) in [6.07, 6.45) is 11.8. The molecule has 1 amide bonds. The van der Waals surface area contributed by atoms with Crippen molar-refractivity contribution < 1.29 is 4.79 Å². The lowest BCUT2D eigenvalue weighted by molar-refractivity contribution is -0.122.